The van der Waals surface area contributed by atoms with Crippen molar-refractivity contribution in [1.82, 2.24) is 9.88 Å². The monoisotopic (exact) mass is 338 g/mol. The number of terminal acetylenes is 1. The van der Waals surface area contributed by atoms with Gasteiger partial charge in [0.15, 0.2) is 0 Å². The van der Waals surface area contributed by atoms with Crippen molar-refractivity contribution < 1.29 is 9.90 Å². The molecule has 3 rings (SSSR count). The van der Waals surface area contributed by atoms with Crippen molar-refractivity contribution in [3.05, 3.63) is 35.0 Å². The summed E-state index contributed by atoms with van der Waals surface area (Å²) in [4.78, 5) is 18.0. The molecule has 0 unspecified atom stereocenters. The van der Waals surface area contributed by atoms with Crippen molar-refractivity contribution >= 4 is 16.8 Å². The lowest BCUT2D eigenvalue weighted by Crippen LogP contribution is -2.40. The van der Waals surface area contributed by atoms with Crippen LogP contribution in [0.4, 0.5) is 0 Å². The number of H-pyrrole nitrogens is 1. The van der Waals surface area contributed by atoms with Gasteiger partial charge in [0.05, 0.1) is 5.60 Å². The van der Waals surface area contributed by atoms with Gasteiger partial charge in [0.1, 0.15) is 5.69 Å². The largest absolute Gasteiger partial charge is 0.390 e. The second kappa shape index (κ2) is 6.57. The molecule has 0 radical (unpaired) electrons. The maximum atomic E-state index is 12.8. The molecule has 132 valence electrons. The van der Waals surface area contributed by atoms with Crippen LogP contribution < -0.4 is 0 Å². The summed E-state index contributed by atoms with van der Waals surface area (Å²) in [5, 5.41) is 10.9. The lowest BCUT2D eigenvalue weighted by molar-refractivity contribution is 0.0357. The number of piperidine rings is 1. The molecule has 1 fully saturated rings. The lowest BCUT2D eigenvalue weighted by atomic mass is 9.86. The Morgan fingerprint density at radius 1 is 1.36 bits per heavy atom. The summed E-state index contributed by atoms with van der Waals surface area (Å²) in [5.41, 5.74) is 2.76. The zero-order chi connectivity index (χ0) is 18.2. The van der Waals surface area contributed by atoms with Gasteiger partial charge in [0.25, 0.3) is 5.91 Å². The highest BCUT2D eigenvalue weighted by atomic mass is 16.3. The number of hydrogen-bond donors (Lipinski definition) is 2. The van der Waals surface area contributed by atoms with E-state index in [0.717, 1.165) is 54.4 Å². The van der Waals surface area contributed by atoms with Crippen LogP contribution in [0.15, 0.2) is 18.2 Å². The van der Waals surface area contributed by atoms with Crippen molar-refractivity contribution in [3.63, 3.8) is 0 Å². The first-order chi connectivity index (χ1) is 11.8. The predicted molar refractivity (Wildman–Crippen MR) is 101 cm³/mol. The van der Waals surface area contributed by atoms with E-state index in [4.69, 9.17) is 6.42 Å². The predicted octanol–water partition coefficient (Wildman–Crippen LogP) is 3.47. The highest BCUT2D eigenvalue weighted by Crippen LogP contribution is 2.28. The first-order valence-electron chi connectivity index (χ1n) is 8.88. The number of rotatable bonds is 3. The number of benzene rings is 1. The second-order valence-electron chi connectivity index (χ2n) is 7.85. The number of carbonyl (C=O) groups excluding carboxylic acids is 1. The molecule has 0 atom stereocenters. The zero-order valence-corrected chi connectivity index (χ0v) is 15.2. The Kier molecular flexibility index (Phi) is 4.62. The van der Waals surface area contributed by atoms with Crippen molar-refractivity contribution in [1.29, 1.82) is 0 Å². The molecule has 1 aromatic heterocycles. The summed E-state index contributed by atoms with van der Waals surface area (Å²) < 4.78 is 0. The number of aromatic nitrogens is 1. The van der Waals surface area contributed by atoms with Crippen LogP contribution in [0.5, 0.6) is 0 Å². The molecule has 0 saturated carbocycles. The molecule has 0 bridgehead atoms. The van der Waals surface area contributed by atoms with Crippen LogP contribution in [0.25, 0.3) is 10.9 Å². The molecular formula is C21H26N2O2. The number of aryl methyl sites for hydroxylation is 1. The molecule has 1 aliphatic heterocycles. The van der Waals surface area contributed by atoms with E-state index < -0.39 is 5.60 Å². The van der Waals surface area contributed by atoms with Gasteiger partial charge in [-0.05, 0) is 69.7 Å². The molecule has 2 N–H and O–H groups in total. The zero-order valence-electron chi connectivity index (χ0n) is 15.2. The van der Waals surface area contributed by atoms with E-state index in [0.29, 0.717) is 11.6 Å². The molecule has 1 saturated heterocycles. The van der Waals surface area contributed by atoms with Gasteiger partial charge in [-0.25, -0.2) is 0 Å². The summed E-state index contributed by atoms with van der Waals surface area (Å²) in [6.45, 7) is 7.15. The Morgan fingerprint density at radius 2 is 2.04 bits per heavy atom. The highest BCUT2D eigenvalue weighted by Gasteiger charge is 2.28. The van der Waals surface area contributed by atoms with E-state index in [1.807, 2.05) is 43.9 Å². The number of fused-ring (bicyclic) bond motifs is 1. The lowest BCUT2D eigenvalue weighted by Gasteiger charge is -2.34. The fraction of sp³-hybridized carbons (Fsp3) is 0.476. The van der Waals surface area contributed by atoms with E-state index in [2.05, 4.69) is 10.9 Å². The summed E-state index contributed by atoms with van der Waals surface area (Å²) in [6.07, 6.45) is 8.25. The minimum atomic E-state index is -0.641. The highest BCUT2D eigenvalue weighted by molar-refractivity contribution is 5.99. The first-order valence-corrected chi connectivity index (χ1v) is 8.88. The van der Waals surface area contributed by atoms with Gasteiger partial charge in [0, 0.05) is 29.6 Å². The van der Waals surface area contributed by atoms with E-state index >= 15 is 0 Å². The Labute approximate surface area is 149 Å². The normalized spacial score (nSPS) is 16.2. The van der Waals surface area contributed by atoms with Gasteiger partial charge in [-0.1, -0.05) is 5.92 Å². The van der Waals surface area contributed by atoms with Crippen molar-refractivity contribution in [2.45, 2.75) is 45.6 Å². The third-order valence-corrected chi connectivity index (χ3v) is 4.96. The second-order valence-corrected chi connectivity index (χ2v) is 7.85. The molecule has 25 heavy (non-hydrogen) atoms. The Morgan fingerprint density at radius 3 is 2.64 bits per heavy atom. The number of carbonyl (C=O) groups is 1. The summed E-state index contributed by atoms with van der Waals surface area (Å²) >= 11 is 0. The summed E-state index contributed by atoms with van der Waals surface area (Å²) in [7, 11) is 0. The minimum Gasteiger partial charge on any atom is -0.390 e. The van der Waals surface area contributed by atoms with Gasteiger partial charge in [-0.2, -0.15) is 0 Å². The van der Waals surface area contributed by atoms with Crippen LogP contribution in [-0.2, 0) is 0 Å². The molecule has 2 aromatic rings. The Hall–Kier alpha value is -2.25. The SMILES string of the molecule is C#Cc1cc(C)cc2[nH]c(C(=O)N3CCC(CC(C)(C)O)CC3)cc12. The van der Waals surface area contributed by atoms with Crippen LogP contribution in [0.1, 0.15) is 54.7 Å². The van der Waals surface area contributed by atoms with Crippen LogP contribution in [0.2, 0.25) is 0 Å². The summed E-state index contributed by atoms with van der Waals surface area (Å²) in [5.74, 6) is 3.20. The standard InChI is InChI=1S/C21H26N2O2/c1-5-16-10-14(2)11-18-17(16)12-19(22-18)20(24)23-8-6-15(7-9-23)13-21(3,4)25/h1,10-12,15,22,25H,6-9,13H2,2-4H3. The van der Waals surface area contributed by atoms with E-state index in [-0.39, 0.29) is 5.91 Å². The fourth-order valence-corrected chi connectivity index (χ4v) is 3.83. The topological polar surface area (TPSA) is 56.3 Å². The van der Waals surface area contributed by atoms with Gasteiger partial charge >= 0.3 is 0 Å². The number of amides is 1. The molecule has 0 aliphatic carbocycles. The number of nitrogens with one attached hydrogen (secondary N) is 1. The van der Waals surface area contributed by atoms with Crippen LogP contribution in [0, 0.1) is 25.2 Å². The van der Waals surface area contributed by atoms with Crippen LogP contribution >= 0.6 is 0 Å². The van der Waals surface area contributed by atoms with E-state index in [1.54, 1.807) is 0 Å². The van der Waals surface area contributed by atoms with Crippen LogP contribution in [-0.4, -0.2) is 39.6 Å². The molecule has 1 aliphatic rings. The quantitative estimate of drug-likeness (QED) is 0.842. The Balaban J connectivity index is 1.74. The molecule has 2 heterocycles. The van der Waals surface area contributed by atoms with Crippen LogP contribution in [0.3, 0.4) is 0 Å². The number of aromatic amines is 1. The van der Waals surface area contributed by atoms with Gasteiger partial charge in [-0.3, -0.25) is 4.79 Å². The molecule has 4 heteroatoms. The number of nitrogens with zero attached hydrogens (tertiary/aromatic N) is 1. The first kappa shape index (κ1) is 17.6. The molecular weight excluding hydrogens is 312 g/mol. The van der Waals surface area contributed by atoms with E-state index in [1.165, 1.54) is 0 Å². The summed E-state index contributed by atoms with van der Waals surface area (Å²) in [6, 6.07) is 5.85. The smallest absolute Gasteiger partial charge is 0.270 e. The average molecular weight is 338 g/mol. The maximum absolute atomic E-state index is 12.8. The number of hydrogen-bond acceptors (Lipinski definition) is 2. The molecule has 4 nitrogen and oxygen atoms in total. The third kappa shape index (κ3) is 3.88. The molecule has 1 amide bonds. The fourth-order valence-electron chi connectivity index (χ4n) is 3.83. The third-order valence-electron chi connectivity index (χ3n) is 4.96. The maximum Gasteiger partial charge on any atom is 0.270 e. The van der Waals surface area contributed by atoms with Crippen molar-refractivity contribution in [3.8, 4) is 12.3 Å². The Bertz CT molecular complexity index is 828. The minimum absolute atomic E-state index is 0.0264. The van der Waals surface area contributed by atoms with Crippen molar-refractivity contribution in [2.24, 2.45) is 5.92 Å². The molecule has 0 spiro atoms. The number of aliphatic hydroxyl groups is 1. The van der Waals surface area contributed by atoms with Gasteiger partial charge in [0.2, 0.25) is 0 Å². The van der Waals surface area contributed by atoms with E-state index in [9.17, 15) is 9.90 Å². The van der Waals surface area contributed by atoms with Gasteiger partial charge < -0.3 is 15.0 Å². The molecule has 1 aromatic carbocycles. The average Bonchev–Trinajstić information content (AvgIpc) is 2.96. The van der Waals surface area contributed by atoms with Gasteiger partial charge in [-0.15, -0.1) is 6.42 Å². The van der Waals surface area contributed by atoms with Crippen molar-refractivity contribution in [2.75, 3.05) is 13.1 Å². The number of likely N-dealkylation sites (tertiary alicyclic amines) is 1.